The van der Waals surface area contributed by atoms with Crippen LogP contribution in [-0.2, 0) is 16.1 Å². The first-order chi connectivity index (χ1) is 18.8. The van der Waals surface area contributed by atoms with Crippen molar-refractivity contribution in [2.24, 2.45) is 0 Å². The molecule has 0 unspecified atom stereocenters. The zero-order valence-corrected chi connectivity index (χ0v) is 21.6. The van der Waals surface area contributed by atoms with Gasteiger partial charge in [-0.2, -0.15) is 0 Å². The molecule has 0 atom stereocenters. The number of morpholine rings is 1. The second-order valence-electron chi connectivity index (χ2n) is 8.91. The van der Waals surface area contributed by atoms with Crippen molar-refractivity contribution >= 4 is 11.6 Å². The van der Waals surface area contributed by atoms with Gasteiger partial charge in [-0.25, -0.2) is 15.0 Å². The Balaban J connectivity index is 1.41. The number of benzene rings is 1. The zero-order chi connectivity index (χ0) is 26.0. The van der Waals surface area contributed by atoms with E-state index >= 15 is 0 Å². The molecule has 0 spiro atoms. The standard InChI is InChI=1S/C28H33N5O5/c1-34-25-19-30-28-31-23-15-21(16-24(18-23)37-14-9-33-7-12-35-13-8-33)20-36-10-3-2-4-11-38-26-17-22(5-6-29-26)27(25)32-28/h2-3,5-6,15-19H,4,7-14,20H2,1H3,(H,30,31,32)/b3-2+. The molecule has 4 heterocycles. The Morgan fingerprint density at radius 1 is 1.03 bits per heavy atom. The molecule has 200 valence electrons. The average molecular weight is 520 g/mol. The average Bonchev–Trinajstić information content (AvgIpc) is 2.95. The topological polar surface area (TPSA) is 100 Å². The van der Waals surface area contributed by atoms with Gasteiger partial charge in [0.1, 0.15) is 18.1 Å². The van der Waals surface area contributed by atoms with E-state index in [0.717, 1.165) is 61.8 Å². The number of aromatic nitrogens is 3. The lowest BCUT2D eigenvalue weighted by atomic mass is 10.1. The molecule has 1 aromatic carbocycles. The van der Waals surface area contributed by atoms with Crippen LogP contribution < -0.4 is 19.5 Å². The predicted octanol–water partition coefficient (Wildman–Crippen LogP) is 3.86. The highest BCUT2D eigenvalue weighted by molar-refractivity contribution is 5.69. The van der Waals surface area contributed by atoms with Crippen LogP contribution in [0.25, 0.3) is 11.3 Å². The van der Waals surface area contributed by atoms with E-state index in [-0.39, 0.29) is 0 Å². The van der Waals surface area contributed by atoms with E-state index in [2.05, 4.69) is 20.2 Å². The number of fused-ring (bicyclic) bond motifs is 7. The SMILES string of the molecule is COc1cnc2nc1-c1ccnc(c1)OCC/C=C/COCc1cc(cc(OCCN3CCOCC3)c1)N2. The number of methoxy groups -OCH3 is 1. The first-order valence-electron chi connectivity index (χ1n) is 12.8. The van der Waals surface area contributed by atoms with Crippen molar-refractivity contribution in [2.75, 3.05) is 65.1 Å². The Bertz CT molecular complexity index is 1230. The van der Waals surface area contributed by atoms with Gasteiger partial charge in [0, 0.05) is 49.2 Å². The third-order valence-electron chi connectivity index (χ3n) is 6.17. The number of ether oxygens (including phenoxy) is 5. The molecular weight excluding hydrogens is 486 g/mol. The lowest BCUT2D eigenvalue weighted by Gasteiger charge is -2.26. The molecule has 3 aromatic rings. The van der Waals surface area contributed by atoms with E-state index in [4.69, 9.17) is 28.7 Å². The molecule has 6 bridgehead atoms. The van der Waals surface area contributed by atoms with Crippen molar-refractivity contribution in [3.8, 4) is 28.6 Å². The fourth-order valence-electron chi connectivity index (χ4n) is 4.23. The maximum Gasteiger partial charge on any atom is 0.227 e. The molecule has 10 heteroatoms. The van der Waals surface area contributed by atoms with Gasteiger partial charge in [0.2, 0.25) is 11.8 Å². The van der Waals surface area contributed by atoms with Gasteiger partial charge >= 0.3 is 0 Å². The molecule has 0 radical (unpaired) electrons. The van der Waals surface area contributed by atoms with Crippen molar-refractivity contribution in [3.63, 3.8) is 0 Å². The summed E-state index contributed by atoms with van der Waals surface area (Å²) in [5.74, 6) is 2.27. The lowest BCUT2D eigenvalue weighted by molar-refractivity contribution is 0.0322. The van der Waals surface area contributed by atoms with Crippen molar-refractivity contribution in [1.29, 1.82) is 0 Å². The minimum Gasteiger partial charge on any atom is -0.493 e. The van der Waals surface area contributed by atoms with Crippen LogP contribution >= 0.6 is 0 Å². The number of nitrogens with zero attached hydrogens (tertiary/aromatic N) is 4. The molecule has 1 saturated heterocycles. The van der Waals surface area contributed by atoms with Crippen LogP contribution in [0, 0.1) is 0 Å². The Morgan fingerprint density at radius 2 is 1.95 bits per heavy atom. The van der Waals surface area contributed by atoms with Crippen molar-refractivity contribution in [1.82, 2.24) is 19.9 Å². The number of pyridine rings is 1. The highest BCUT2D eigenvalue weighted by Gasteiger charge is 2.14. The van der Waals surface area contributed by atoms with Gasteiger partial charge in [-0.3, -0.25) is 4.90 Å². The fourth-order valence-corrected chi connectivity index (χ4v) is 4.23. The van der Waals surface area contributed by atoms with E-state index in [1.165, 1.54) is 0 Å². The number of rotatable bonds is 5. The molecule has 0 saturated carbocycles. The number of hydrogen-bond donors (Lipinski definition) is 1. The van der Waals surface area contributed by atoms with Gasteiger partial charge in [-0.05, 0) is 30.2 Å². The summed E-state index contributed by atoms with van der Waals surface area (Å²) in [5.41, 5.74) is 3.25. The van der Waals surface area contributed by atoms with Crippen LogP contribution in [0.3, 0.4) is 0 Å². The van der Waals surface area contributed by atoms with Crippen molar-refractivity contribution in [3.05, 3.63) is 60.4 Å². The van der Waals surface area contributed by atoms with Gasteiger partial charge in [-0.1, -0.05) is 12.2 Å². The van der Waals surface area contributed by atoms with Crippen LogP contribution in [0.2, 0.25) is 0 Å². The van der Waals surface area contributed by atoms with Gasteiger partial charge in [0.05, 0.1) is 46.3 Å². The smallest absolute Gasteiger partial charge is 0.227 e. The molecule has 0 amide bonds. The highest BCUT2D eigenvalue weighted by atomic mass is 16.5. The maximum absolute atomic E-state index is 6.15. The van der Waals surface area contributed by atoms with E-state index in [0.29, 0.717) is 49.7 Å². The maximum atomic E-state index is 6.15. The van der Waals surface area contributed by atoms with Gasteiger partial charge in [-0.15, -0.1) is 0 Å². The molecule has 1 N–H and O–H groups in total. The summed E-state index contributed by atoms with van der Waals surface area (Å²) < 4.78 is 28.8. The molecule has 2 aliphatic heterocycles. The first-order valence-corrected chi connectivity index (χ1v) is 12.8. The van der Waals surface area contributed by atoms with Crippen LogP contribution in [0.1, 0.15) is 12.0 Å². The van der Waals surface area contributed by atoms with Gasteiger partial charge in [0.25, 0.3) is 0 Å². The van der Waals surface area contributed by atoms with Gasteiger partial charge in [0.15, 0.2) is 5.75 Å². The van der Waals surface area contributed by atoms with Crippen LogP contribution in [-0.4, -0.2) is 79.6 Å². The molecule has 2 aromatic heterocycles. The molecule has 1 fully saturated rings. The molecule has 2 aliphatic rings. The third-order valence-corrected chi connectivity index (χ3v) is 6.17. The zero-order valence-electron chi connectivity index (χ0n) is 21.6. The predicted molar refractivity (Wildman–Crippen MR) is 143 cm³/mol. The Labute approximate surface area is 222 Å². The van der Waals surface area contributed by atoms with Gasteiger partial charge < -0.3 is 29.0 Å². The Kier molecular flexibility index (Phi) is 8.98. The van der Waals surface area contributed by atoms with Crippen molar-refractivity contribution in [2.45, 2.75) is 13.0 Å². The summed E-state index contributed by atoms with van der Waals surface area (Å²) in [6, 6.07) is 9.71. The summed E-state index contributed by atoms with van der Waals surface area (Å²) in [4.78, 5) is 15.9. The number of hydrogen-bond acceptors (Lipinski definition) is 10. The minimum atomic E-state index is 0.432. The highest BCUT2D eigenvalue weighted by Crippen LogP contribution is 2.31. The van der Waals surface area contributed by atoms with Crippen molar-refractivity contribution < 1.29 is 23.7 Å². The molecule has 5 rings (SSSR count). The second kappa shape index (κ2) is 13.2. The monoisotopic (exact) mass is 519 g/mol. The summed E-state index contributed by atoms with van der Waals surface area (Å²) in [7, 11) is 1.60. The normalized spacial score (nSPS) is 17.3. The molecule has 0 aliphatic carbocycles. The lowest BCUT2D eigenvalue weighted by Crippen LogP contribution is -2.38. The summed E-state index contributed by atoms with van der Waals surface area (Å²) >= 11 is 0. The quantitative estimate of drug-likeness (QED) is 0.500. The first kappa shape index (κ1) is 25.9. The molecule has 38 heavy (non-hydrogen) atoms. The number of nitrogens with one attached hydrogen (secondary N) is 1. The third kappa shape index (κ3) is 7.18. The van der Waals surface area contributed by atoms with E-state index in [1.807, 2.05) is 42.5 Å². The van der Waals surface area contributed by atoms with Crippen LogP contribution in [0.4, 0.5) is 11.6 Å². The van der Waals surface area contributed by atoms with E-state index < -0.39 is 0 Å². The second-order valence-corrected chi connectivity index (χ2v) is 8.91. The largest absolute Gasteiger partial charge is 0.493 e. The van der Waals surface area contributed by atoms with E-state index in [1.54, 1.807) is 19.5 Å². The Morgan fingerprint density at radius 3 is 2.84 bits per heavy atom. The van der Waals surface area contributed by atoms with Crippen LogP contribution in [0.5, 0.6) is 17.4 Å². The van der Waals surface area contributed by atoms with Crippen LogP contribution in [0.15, 0.2) is 54.9 Å². The molecule has 10 nitrogen and oxygen atoms in total. The summed E-state index contributed by atoms with van der Waals surface area (Å²) in [6.07, 6.45) is 8.15. The van der Waals surface area contributed by atoms with E-state index in [9.17, 15) is 0 Å². The molecular formula is C28H33N5O5. The number of anilines is 2. The Hall–Kier alpha value is -3.73. The minimum absolute atomic E-state index is 0.432. The summed E-state index contributed by atoms with van der Waals surface area (Å²) in [6.45, 7) is 6.29. The fraction of sp³-hybridized carbons (Fsp3) is 0.393. The summed E-state index contributed by atoms with van der Waals surface area (Å²) in [5, 5.41) is 3.33.